The van der Waals surface area contributed by atoms with Crippen molar-refractivity contribution in [2.45, 2.75) is 6.92 Å². The first kappa shape index (κ1) is 11.1. The molecule has 0 spiro atoms. The van der Waals surface area contributed by atoms with Crippen LogP contribution in [0, 0.1) is 17.0 Å². The van der Waals surface area contributed by atoms with Crippen LogP contribution < -0.4 is 5.32 Å². The van der Waals surface area contributed by atoms with Gasteiger partial charge in [-0.2, -0.15) is 5.10 Å². The minimum Gasteiger partial charge on any atom is -0.337 e. The molecule has 2 rings (SSSR count). The Morgan fingerprint density at radius 1 is 1.47 bits per heavy atom. The largest absolute Gasteiger partial charge is 0.337 e. The SMILES string of the molecule is Cc1cnc(Nc2cnn(C)c2)cc1[N+](=O)[O-]. The summed E-state index contributed by atoms with van der Waals surface area (Å²) in [5.41, 5.74) is 1.32. The maximum Gasteiger partial charge on any atom is 0.277 e. The van der Waals surface area contributed by atoms with Gasteiger partial charge < -0.3 is 5.32 Å². The summed E-state index contributed by atoms with van der Waals surface area (Å²) in [6.07, 6.45) is 4.84. The van der Waals surface area contributed by atoms with Gasteiger partial charge in [0, 0.05) is 25.0 Å². The van der Waals surface area contributed by atoms with Crippen molar-refractivity contribution in [3.8, 4) is 0 Å². The zero-order valence-corrected chi connectivity index (χ0v) is 9.41. The Hall–Kier alpha value is -2.44. The first-order valence-electron chi connectivity index (χ1n) is 4.93. The molecule has 0 unspecified atom stereocenters. The number of hydrogen-bond donors (Lipinski definition) is 1. The van der Waals surface area contributed by atoms with E-state index >= 15 is 0 Å². The van der Waals surface area contributed by atoms with Crippen LogP contribution in [0.15, 0.2) is 24.7 Å². The van der Waals surface area contributed by atoms with Crippen LogP contribution in [-0.2, 0) is 7.05 Å². The second-order valence-corrected chi connectivity index (χ2v) is 3.64. The lowest BCUT2D eigenvalue weighted by Crippen LogP contribution is -1.97. The van der Waals surface area contributed by atoms with Crippen molar-refractivity contribution in [3.05, 3.63) is 40.3 Å². The molecular formula is C10H11N5O2. The standard InChI is InChI=1S/C10H11N5O2/c1-7-4-11-10(3-9(7)15(16)17)13-8-5-12-14(2)6-8/h3-6H,1-2H3,(H,11,13). The van der Waals surface area contributed by atoms with Gasteiger partial charge >= 0.3 is 0 Å². The van der Waals surface area contributed by atoms with E-state index in [2.05, 4.69) is 15.4 Å². The second-order valence-electron chi connectivity index (χ2n) is 3.64. The Labute approximate surface area is 97.2 Å². The average Bonchev–Trinajstić information content (AvgIpc) is 2.66. The van der Waals surface area contributed by atoms with Gasteiger partial charge in [0.25, 0.3) is 5.69 Å². The van der Waals surface area contributed by atoms with Crippen LogP contribution in [0.3, 0.4) is 0 Å². The van der Waals surface area contributed by atoms with Gasteiger partial charge in [0.2, 0.25) is 0 Å². The van der Waals surface area contributed by atoms with Gasteiger partial charge in [-0.15, -0.1) is 0 Å². The van der Waals surface area contributed by atoms with Gasteiger partial charge in [-0.05, 0) is 6.92 Å². The highest BCUT2D eigenvalue weighted by Crippen LogP contribution is 2.22. The van der Waals surface area contributed by atoms with Crippen LogP contribution in [0.25, 0.3) is 0 Å². The summed E-state index contributed by atoms with van der Waals surface area (Å²) in [4.78, 5) is 14.4. The Morgan fingerprint density at radius 3 is 2.82 bits per heavy atom. The fourth-order valence-electron chi connectivity index (χ4n) is 1.41. The van der Waals surface area contributed by atoms with E-state index in [1.54, 1.807) is 31.0 Å². The van der Waals surface area contributed by atoms with Crippen LogP contribution in [0.5, 0.6) is 0 Å². The highest BCUT2D eigenvalue weighted by atomic mass is 16.6. The lowest BCUT2D eigenvalue weighted by molar-refractivity contribution is -0.385. The van der Waals surface area contributed by atoms with Crippen molar-refractivity contribution in [2.75, 3.05) is 5.32 Å². The number of aryl methyl sites for hydroxylation is 2. The Balaban J connectivity index is 2.28. The molecule has 0 aliphatic heterocycles. The lowest BCUT2D eigenvalue weighted by Gasteiger charge is -2.03. The normalized spacial score (nSPS) is 10.2. The number of hydrogen-bond acceptors (Lipinski definition) is 5. The summed E-state index contributed by atoms with van der Waals surface area (Å²) in [6.45, 7) is 1.65. The summed E-state index contributed by atoms with van der Waals surface area (Å²) < 4.78 is 1.63. The molecule has 0 bridgehead atoms. The minimum atomic E-state index is -0.425. The number of nitrogens with zero attached hydrogens (tertiary/aromatic N) is 4. The Kier molecular flexibility index (Phi) is 2.73. The Morgan fingerprint density at radius 2 is 2.24 bits per heavy atom. The van der Waals surface area contributed by atoms with Gasteiger partial charge in [-0.1, -0.05) is 0 Å². The highest BCUT2D eigenvalue weighted by molar-refractivity contribution is 5.58. The summed E-state index contributed by atoms with van der Waals surface area (Å²) in [5, 5.41) is 17.7. The summed E-state index contributed by atoms with van der Waals surface area (Å²) >= 11 is 0. The molecule has 88 valence electrons. The summed E-state index contributed by atoms with van der Waals surface area (Å²) in [6, 6.07) is 1.41. The fourth-order valence-corrected chi connectivity index (χ4v) is 1.41. The number of nitrogens with one attached hydrogen (secondary N) is 1. The van der Waals surface area contributed by atoms with Crippen molar-refractivity contribution >= 4 is 17.2 Å². The van der Waals surface area contributed by atoms with E-state index in [-0.39, 0.29) is 5.69 Å². The van der Waals surface area contributed by atoms with E-state index in [4.69, 9.17) is 0 Å². The zero-order chi connectivity index (χ0) is 12.4. The third kappa shape index (κ3) is 2.39. The van der Waals surface area contributed by atoms with Crippen LogP contribution in [0.1, 0.15) is 5.56 Å². The molecule has 0 saturated carbocycles. The van der Waals surface area contributed by atoms with Crippen LogP contribution >= 0.6 is 0 Å². The zero-order valence-electron chi connectivity index (χ0n) is 9.41. The van der Waals surface area contributed by atoms with Gasteiger partial charge in [-0.25, -0.2) is 4.98 Å². The van der Waals surface area contributed by atoms with Crippen molar-refractivity contribution < 1.29 is 4.92 Å². The highest BCUT2D eigenvalue weighted by Gasteiger charge is 2.12. The predicted octanol–water partition coefficient (Wildman–Crippen LogP) is 1.78. The van der Waals surface area contributed by atoms with Gasteiger partial charge in [-0.3, -0.25) is 14.8 Å². The van der Waals surface area contributed by atoms with Crippen molar-refractivity contribution in [1.82, 2.24) is 14.8 Å². The molecule has 0 atom stereocenters. The molecule has 17 heavy (non-hydrogen) atoms. The third-order valence-electron chi connectivity index (χ3n) is 2.25. The van der Waals surface area contributed by atoms with E-state index in [1.165, 1.54) is 12.3 Å². The number of anilines is 2. The molecule has 0 radical (unpaired) electrons. The van der Waals surface area contributed by atoms with Gasteiger partial charge in [0.05, 0.1) is 22.9 Å². The Bertz CT molecular complexity index is 564. The first-order chi connectivity index (χ1) is 8.06. The number of nitro groups is 1. The maximum atomic E-state index is 10.8. The molecule has 0 fully saturated rings. The van der Waals surface area contributed by atoms with Crippen molar-refractivity contribution in [3.63, 3.8) is 0 Å². The molecule has 0 aliphatic carbocycles. The first-order valence-corrected chi connectivity index (χ1v) is 4.93. The van der Waals surface area contributed by atoms with E-state index in [0.717, 1.165) is 5.69 Å². The third-order valence-corrected chi connectivity index (χ3v) is 2.25. The van der Waals surface area contributed by atoms with E-state index in [0.29, 0.717) is 11.4 Å². The van der Waals surface area contributed by atoms with E-state index in [1.807, 2.05) is 0 Å². The van der Waals surface area contributed by atoms with E-state index < -0.39 is 4.92 Å². The number of pyridine rings is 1. The molecular weight excluding hydrogens is 222 g/mol. The molecule has 0 amide bonds. The van der Waals surface area contributed by atoms with Crippen LogP contribution in [0.4, 0.5) is 17.2 Å². The molecule has 0 aliphatic rings. The summed E-state index contributed by atoms with van der Waals surface area (Å²) in [5.74, 6) is 0.426. The van der Waals surface area contributed by atoms with Gasteiger partial charge in [0.15, 0.2) is 0 Å². The smallest absolute Gasteiger partial charge is 0.277 e. The predicted molar refractivity (Wildman–Crippen MR) is 62.1 cm³/mol. The maximum absolute atomic E-state index is 10.8. The second kappa shape index (κ2) is 4.20. The monoisotopic (exact) mass is 233 g/mol. The number of rotatable bonds is 3. The van der Waals surface area contributed by atoms with Crippen LogP contribution in [0.2, 0.25) is 0 Å². The van der Waals surface area contributed by atoms with Crippen LogP contribution in [-0.4, -0.2) is 19.7 Å². The lowest BCUT2D eigenvalue weighted by atomic mass is 10.2. The minimum absolute atomic E-state index is 0.0476. The average molecular weight is 233 g/mol. The van der Waals surface area contributed by atoms with Crippen molar-refractivity contribution in [2.24, 2.45) is 7.05 Å². The molecule has 0 saturated heterocycles. The molecule has 7 heteroatoms. The quantitative estimate of drug-likeness (QED) is 0.645. The molecule has 2 aromatic rings. The molecule has 2 aromatic heterocycles. The molecule has 1 N–H and O–H groups in total. The molecule has 0 aromatic carbocycles. The molecule has 7 nitrogen and oxygen atoms in total. The topological polar surface area (TPSA) is 85.9 Å². The molecule has 2 heterocycles. The van der Waals surface area contributed by atoms with Gasteiger partial charge in [0.1, 0.15) is 5.82 Å². The number of aromatic nitrogens is 3. The fraction of sp³-hybridized carbons (Fsp3) is 0.200. The van der Waals surface area contributed by atoms with E-state index in [9.17, 15) is 10.1 Å². The summed E-state index contributed by atoms with van der Waals surface area (Å²) in [7, 11) is 1.79. The van der Waals surface area contributed by atoms with Crippen molar-refractivity contribution in [1.29, 1.82) is 0 Å².